The zero-order valence-electron chi connectivity index (χ0n) is 9.23. The molecule has 1 atom stereocenters. The number of alkyl halides is 2. The Morgan fingerprint density at radius 2 is 1.42 bits per heavy atom. The Hall–Kier alpha value is -1.62. The highest BCUT2D eigenvalue weighted by Gasteiger charge is 2.37. The Bertz CT molecular complexity index is 610. The van der Waals surface area contributed by atoms with Crippen LogP contribution in [0.2, 0.25) is 0 Å². The molecular formula is C13H6ClF5. The summed E-state index contributed by atoms with van der Waals surface area (Å²) < 4.78 is 66.8. The maximum absolute atomic E-state index is 14.4. The van der Waals surface area contributed by atoms with Crippen molar-refractivity contribution in [1.29, 1.82) is 0 Å². The third kappa shape index (κ3) is 2.30. The van der Waals surface area contributed by atoms with Crippen LogP contribution in [0.5, 0.6) is 0 Å². The second kappa shape index (κ2) is 4.81. The largest absolute Gasteiger partial charge is 0.237 e. The van der Waals surface area contributed by atoms with Gasteiger partial charge in [0.25, 0.3) is 0 Å². The van der Waals surface area contributed by atoms with E-state index in [9.17, 15) is 22.0 Å². The minimum Gasteiger partial charge on any atom is -0.215 e. The van der Waals surface area contributed by atoms with E-state index in [0.717, 1.165) is 0 Å². The smallest absolute Gasteiger partial charge is 0.215 e. The fraction of sp³-hybridized carbons (Fsp3) is 0.0769. The first-order chi connectivity index (χ1) is 8.85. The van der Waals surface area contributed by atoms with Crippen molar-refractivity contribution in [1.82, 2.24) is 0 Å². The quantitative estimate of drug-likeness (QED) is 0.327. The Balaban J connectivity index is 2.65. The van der Waals surface area contributed by atoms with Crippen LogP contribution in [0.25, 0.3) is 0 Å². The molecule has 0 nitrogen and oxygen atoms in total. The fourth-order valence-electron chi connectivity index (χ4n) is 1.60. The van der Waals surface area contributed by atoms with E-state index < -0.39 is 34.0 Å². The zero-order chi connectivity index (χ0) is 14.2. The summed E-state index contributed by atoms with van der Waals surface area (Å²) in [6.07, 6.45) is 0. The molecule has 0 fully saturated rings. The lowest BCUT2D eigenvalue weighted by Crippen LogP contribution is -2.18. The van der Waals surface area contributed by atoms with Gasteiger partial charge in [-0.25, -0.2) is 22.0 Å². The minimum absolute atomic E-state index is 0.202. The van der Waals surface area contributed by atoms with Crippen LogP contribution in [0.3, 0.4) is 0 Å². The molecule has 0 spiro atoms. The molecule has 2 rings (SSSR count). The molecule has 0 aromatic heterocycles. The predicted molar refractivity (Wildman–Crippen MR) is 60.5 cm³/mol. The molecule has 0 aliphatic rings. The van der Waals surface area contributed by atoms with Crippen LogP contribution < -0.4 is 0 Å². The highest BCUT2D eigenvalue weighted by atomic mass is 35.5. The zero-order valence-corrected chi connectivity index (χ0v) is 9.99. The molecule has 0 aliphatic heterocycles. The fourth-order valence-corrected chi connectivity index (χ4v) is 1.87. The summed E-state index contributed by atoms with van der Waals surface area (Å²) in [7, 11) is 0. The first kappa shape index (κ1) is 13.8. The molecule has 0 aliphatic carbocycles. The van der Waals surface area contributed by atoms with Crippen molar-refractivity contribution in [2.45, 2.75) is 5.13 Å². The summed E-state index contributed by atoms with van der Waals surface area (Å²) in [5.41, 5.74) is -1.34. The molecule has 0 saturated heterocycles. The molecule has 2 aromatic carbocycles. The molecule has 0 bridgehead atoms. The molecule has 0 heterocycles. The summed E-state index contributed by atoms with van der Waals surface area (Å²) in [4.78, 5) is 0. The van der Waals surface area contributed by atoms with Crippen LogP contribution in [-0.2, 0) is 5.13 Å². The molecule has 0 amide bonds. The second-order valence-electron chi connectivity index (χ2n) is 3.79. The number of rotatable bonds is 2. The average Bonchev–Trinajstić information content (AvgIpc) is 2.41. The van der Waals surface area contributed by atoms with Gasteiger partial charge in [0.15, 0.2) is 23.3 Å². The summed E-state index contributed by atoms with van der Waals surface area (Å²) in [6.45, 7) is 0. The number of hydrogen-bond donors (Lipinski definition) is 0. The summed E-state index contributed by atoms with van der Waals surface area (Å²) >= 11 is 5.53. The average molecular weight is 293 g/mol. The van der Waals surface area contributed by atoms with Crippen molar-refractivity contribution in [3.63, 3.8) is 0 Å². The lowest BCUT2D eigenvalue weighted by atomic mass is 10.0. The van der Waals surface area contributed by atoms with Gasteiger partial charge in [-0.1, -0.05) is 41.9 Å². The van der Waals surface area contributed by atoms with E-state index in [1.54, 1.807) is 6.07 Å². The third-order valence-corrected chi connectivity index (χ3v) is 3.00. The predicted octanol–water partition coefficient (Wildman–Crippen LogP) is 4.65. The van der Waals surface area contributed by atoms with E-state index in [1.807, 2.05) is 0 Å². The topological polar surface area (TPSA) is 0 Å². The van der Waals surface area contributed by atoms with Crippen LogP contribution >= 0.6 is 11.6 Å². The van der Waals surface area contributed by atoms with Gasteiger partial charge in [-0.15, -0.1) is 0 Å². The van der Waals surface area contributed by atoms with E-state index in [2.05, 4.69) is 0 Å². The van der Waals surface area contributed by atoms with Crippen molar-refractivity contribution in [3.05, 3.63) is 70.8 Å². The van der Waals surface area contributed by atoms with E-state index in [1.165, 1.54) is 24.3 Å². The molecule has 6 heteroatoms. The monoisotopic (exact) mass is 292 g/mol. The molecular weight excluding hydrogens is 287 g/mol. The molecule has 19 heavy (non-hydrogen) atoms. The standard InChI is InChI=1S/C13H6ClF5/c14-13(19,7-4-2-1-3-5-7)8-6-9(15)11(17)12(18)10(8)16/h1-6H. The highest BCUT2D eigenvalue weighted by Crippen LogP contribution is 2.40. The van der Waals surface area contributed by atoms with Gasteiger partial charge >= 0.3 is 0 Å². The minimum atomic E-state index is -3.00. The first-order valence-corrected chi connectivity index (χ1v) is 5.50. The Morgan fingerprint density at radius 3 is 2.00 bits per heavy atom. The molecule has 1 unspecified atom stereocenters. The van der Waals surface area contributed by atoms with Crippen molar-refractivity contribution < 1.29 is 22.0 Å². The van der Waals surface area contributed by atoms with Crippen LogP contribution in [0, 0.1) is 23.3 Å². The first-order valence-electron chi connectivity index (χ1n) is 5.12. The van der Waals surface area contributed by atoms with Crippen LogP contribution in [0.1, 0.15) is 11.1 Å². The van der Waals surface area contributed by atoms with Crippen molar-refractivity contribution in [3.8, 4) is 0 Å². The summed E-state index contributed by atoms with van der Waals surface area (Å²) in [5, 5.41) is -3.00. The van der Waals surface area contributed by atoms with Gasteiger partial charge in [0.05, 0.1) is 5.56 Å². The van der Waals surface area contributed by atoms with Crippen LogP contribution in [0.4, 0.5) is 22.0 Å². The van der Waals surface area contributed by atoms with Crippen molar-refractivity contribution in [2.24, 2.45) is 0 Å². The number of benzene rings is 2. The van der Waals surface area contributed by atoms with Crippen LogP contribution in [-0.4, -0.2) is 0 Å². The molecule has 0 saturated carbocycles. The molecule has 0 N–H and O–H groups in total. The normalized spacial score (nSPS) is 14.2. The second-order valence-corrected chi connectivity index (χ2v) is 4.31. The third-order valence-electron chi connectivity index (χ3n) is 2.58. The van der Waals surface area contributed by atoms with Crippen molar-refractivity contribution >= 4 is 11.6 Å². The summed E-state index contributed by atoms with van der Waals surface area (Å²) in [5.74, 6) is -7.69. The number of hydrogen-bond acceptors (Lipinski definition) is 0. The lowest BCUT2D eigenvalue weighted by Gasteiger charge is -2.20. The van der Waals surface area contributed by atoms with Crippen LogP contribution in [0.15, 0.2) is 36.4 Å². The number of halogens is 6. The van der Waals surface area contributed by atoms with Gasteiger partial charge in [-0.3, -0.25) is 0 Å². The van der Waals surface area contributed by atoms with E-state index in [4.69, 9.17) is 11.6 Å². The van der Waals surface area contributed by atoms with Gasteiger partial charge in [-0.2, -0.15) is 0 Å². The Kier molecular flexibility index (Phi) is 3.49. The van der Waals surface area contributed by atoms with Gasteiger partial charge in [0, 0.05) is 5.56 Å². The SMILES string of the molecule is Fc1cc(C(F)(Cl)c2ccccc2)c(F)c(F)c1F. The molecule has 100 valence electrons. The van der Waals surface area contributed by atoms with Gasteiger partial charge in [0.1, 0.15) is 0 Å². The van der Waals surface area contributed by atoms with E-state index in [-0.39, 0.29) is 11.6 Å². The maximum Gasteiger partial charge on any atom is 0.237 e. The van der Waals surface area contributed by atoms with Gasteiger partial charge in [-0.05, 0) is 6.07 Å². The molecule has 2 aromatic rings. The highest BCUT2D eigenvalue weighted by molar-refractivity contribution is 6.24. The summed E-state index contributed by atoms with van der Waals surface area (Å²) in [6, 6.07) is 7.02. The maximum atomic E-state index is 14.4. The van der Waals surface area contributed by atoms with Gasteiger partial charge < -0.3 is 0 Å². The van der Waals surface area contributed by atoms with E-state index in [0.29, 0.717) is 0 Å². The lowest BCUT2D eigenvalue weighted by molar-refractivity contribution is 0.316. The Morgan fingerprint density at radius 1 is 0.842 bits per heavy atom. The van der Waals surface area contributed by atoms with E-state index >= 15 is 0 Å². The van der Waals surface area contributed by atoms with Gasteiger partial charge in [0.2, 0.25) is 5.13 Å². The van der Waals surface area contributed by atoms with Crippen molar-refractivity contribution in [2.75, 3.05) is 0 Å². The Labute approximate surface area is 110 Å². The molecule has 0 radical (unpaired) electrons.